The van der Waals surface area contributed by atoms with Crippen LogP contribution < -0.4 is 5.32 Å². The third kappa shape index (κ3) is 1.48. The number of hydrogen-bond acceptors (Lipinski definition) is 3. The van der Waals surface area contributed by atoms with Crippen LogP contribution in [0.1, 0.15) is 22.4 Å². The van der Waals surface area contributed by atoms with Gasteiger partial charge >= 0.3 is 6.09 Å². The van der Waals surface area contributed by atoms with Gasteiger partial charge in [-0.3, -0.25) is 4.90 Å². The van der Waals surface area contributed by atoms with Crippen molar-refractivity contribution in [2.45, 2.75) is 26.9 Å². The summed E-state index contributed by atoms with van der Waals surface area (Å²) in [6, 6.07) is 0. The first-order chi connectivity index (χ1) is 7.54. The van der Waals surface area contributed by atoms with Gasteiger partial charge in [0, 0.05) is 18.3 Å². The lowest BCUT2D eigenvalue weighted by atomic mass is 10.0. The Kier molecular flexibility index (Phi) is 2.46. The van der Waals surface area contributed by atoms with Gasteiger partial charge in [0.15, 0.2) is 0 Å². The fourth-order valence-corrected chi connectivity index (χ4v) is 2.07. The van der Waals surface area contributed by atoms with Crippen molar-refractivity contribution in [1.82, 2.24) is 9.88 Å². The topological polar surface area (TPSA) is 65.5 Å². The maximum absolute atomic E-state index is 11.0. The minimum atomic E-state index is -0.879. The molecule has 1 aromatic rings. The van der Waals surface area contributed by atoms with Crippen LogP contribution in [0.5, 0.6) is 0 Å². The van der Waals surface area contributed by atoms with Crippen molar-refractivity contribution < 1.29 is 9.90 Å². The number of rotatable bonds is 1. The molecule has 1 aliphatic heterocycles. The van der Waals surface area contributed by atoms with Crippen LogP contribution >= 0.6 is 0 Å². The Labute approximate surface area is 94.1 Å². The van der Waals surface area contributed by atoms with E-state index in [9.17, 15) is 4.79 Å². The van der Waals surface area contributed by atoms with Gasteiger partial charge in [0.2, 0.25) is 0 Å². The molecule has 0 aliphatic carbocycles. The summed E-state index contributed by atoms with van der Waals surface area (Å²) in [5, 5.41) is 12.0. The Morgan fingerprint density at radius 1 is 1.38 bits per heavy atom. The average Bonchev–Trinajstić information content (AvgIpc) is 2.68. The maximum atomic E-state index is 11.0. The predicted octanol–water partition coefficient (Wildman–Crippen LogP) is 1.73. The maximum Gasteiger partial charge on any atom is 0.407 e. The highest BCUT2D eigenvalue weighted by atomic mass is 16.4. The number of carboxylic acid groups (broad SMARTS) is 1. The average molecular weight is 221 g/mol. The first-order valence-corrected chi connectivity index (χ1v) is 5.19. The van der Waals surface area contributed by atoms with E-state index in [4.69, 9.17) is 5.11 Å². The number of hydrogen-bond donors (Lipinski definition) is 2. The largest absolute Gasteiger partial charge is 0.465 e. The van der Waals surface area contributed by atoms with E-state index in [0.717, 1.165) is 28.2 Å². The van der Waals surface area contributed by atoms with Crippen molar-refractivity contribution in [2.24, 2.45) is 0 Å². The number of nitrogens with one attached hydrogen (secondary N) is 1. The second-order valence-electron chi connectivity index (χ2n) is 4.02. The van der Waals surface area contributed by atoms with E-state index < -0.39 is 6.09 Å². The van der Waals surface area contributed by atoms with Gasteiger partial charge in [-0.15, -0.1) is 0 Å². The third-order valence-electron chi connectivity index (χ3n) is 3.13. The summed E-state index contributed by atoms with van der Waals surface area (Å²) in [4.78, 5) is 16.8. The van der Waals surface area contributed by atoms with E-state index in [-0.39, 0.29) is 0 Å². The molecular weight excluding hydrogens is 206 g/mol. The zero-order chi connectivity index (χ0) is 11.9. The van der Waals surface area contributed by atoms with Gasteiger partial charge in [-0.2, -0.15) is 0 Å². The molecule has 86 valence electrons. The highest BCUT2D eigenvalue weighted by molar-refractivity contribution is 5.68. The lowest BCUT2D eigenvalue weighted by molar-refractivity contribution is 0.145. The zero-order valence-electron chi connectivity index (χ0n) is 9.66. The normalized spacial score (nSPS) is 13.8. The lowest BCUT2D eigenvalue weighted by Crippen LogP contribution is -2.22. The monoisotopic (exact) mass is 221 g/mol. The third-order valence-corrected chi connectivity index (χ3v) is 3.13. The molecule has 0 spiro atoms. The standard InChI is InChI=1S/C11H15N3O2/c1-6-7(2)13-10(12-3)9-5-14(11(15)16)4-8(6)9/h4-5H2,1-3H3,(H,12,13)(H,15,16). The number of carbonyl (C=O) groups is 1. The fraction of sp³-hybridized carbons (Fsp3) is 0.455. The number of aryl methyl sites for hydroxylation is 1. The quantitative estimate of drug-likeness (QED) is 0.758. The van der Waals surface area contributed by atoms with Crippen LogP contribution in [0.15, 0.2) is 0 Å². The van der Waals surface area contributed by atoms with Crippen molar-refractivity contribution in [3.05, 3.63) is 22.4 Å². The van der Waals surface area contributed by atoms with E-state index >= 15 is 0 Å². The highest BCUT2D eigenvalue weighted by Gasteiger charge is 2.27. The summed E-state index contributed by atoms with van der Waals surface area (Å²) >= 11 is 0. The number of anilines is 1. The highest BCUT2D eigenvalue weighted by Crippen LogP contribution is 2.31. The van der Waals surface area contributed by atoms with Gasteiger partial charge in [0.25, 0.3) is 0 Å². The van der Waals surface area contributed by atoms with Crippen molar-refractivity contribution in [1.29, 1.82) is 0 Å². The molecular formula is C11H15N3O2. The van der Waals surface area contributed by atoms with Crippen LogP contribution in [0.3, 0.4) is 0 Å². The van der Waals surface area contributed by atoms with Gasteiger partial charge in [0.1, 0.15) is 5.82 Å². The van der Waals surface area contributed by atoms with Crippen molar-refractivity contribution >= 4 is 11.9 Å². The molecule has 1 aromatic heterocycles. The van der Waals surface area contributed by atoms with Gasteiger partial charge in [-0.1, -0.05) is 0 Å². The minimum Gasteiger partial charge on any atom is -0.465 e. The zero-order valence-corrected chi connectivity index (χ0v) is 9.66. The second-order valence-corrected chi connectivity index (χ2v) is 4.02. The van der Waals surface area contributed by atoms with Crippen LogP contribution in [-0.4, -0.2) is 28.1 Å². The number of fused-ring (bicyclic) bond motifs is 1. The van der Waals surface area contributed by atoms with Crippen LogP contribution in [0.2, 0.25) is 0 Å². The summed E-state index contributed by atoms with van der Waals surface area (Å²) in [7, 11) is 1.81. The van der Waals surface area contributed by atoms with Gasteiger partial charge in [-0.25, -0.2) is 9.78 Å². The van der Waals surface area contributed by atoms with E-state index in [1.165, 1.54) is 4.90 Å². The number of aromatic nitrogens is 1. The van der Waals surface area contributed by atoms with Crippen molar-refractivity contribution in [3.63, 3.8) is 0 Å². The Hall–Kier alpha value is -1.78. The molecule has 0 atom stereocenters. The summed E-state index contributed by atoms with van der Waals surface area (Å²) in [6.07, 6.45) is -0.879. The van der Waals surface area contributed by atoms with Crippen LogP contribution in [0, 0.1) is 13.8 Å². The van der Waals surface area contributed by atoms with Gasteiger partial charge in [0.05, 0.1) is 13.1 Å². The molecule has 1 aliphatic rings. The second kappa shape index (κ2) is 3.66. The molecule has 0 fully saturated rings. The fourth-order valence-electron chi connectivity index (χ4n) is 2.07. The van der Waals surface area contributed by atoms with E-state index in [1.807, 2.05) is 13.8 Å². The summed E-state index contributed by atoms with van der Waals surface area (Å²) < 4.78 is 0. The van der Waals surface area contributed by atoms with Crippen molar-refractivity contribution in [3.8, 4) is 0 Å². The van der Waals surface area contributed by atoms with E-state index in [1.54, 1.807) is 7.05 Å². The molecule has 1 amide bonds. The molecule has 2 heterocycles. The van der Waals surface area contributed by atoms with Crippen molar-refractivity contribution in [2.75, 3.05) is 12.4 Å². The van der Waals surface area contributed by atoms with E-state index in [2.05, 4.69) is 10.3 Å². The van der Waals surface area contributed by atoms with Gasteiger partial charge in [-0.05, 0) is 25.0 Å². The van der Waals surface area contributed by atoms with Crippen LogP contribution in [0.4, 0.5) is 10.6 Å². The van der Waals surface area contributed by atoms with Gasteiger partial charge < -0.3 is 10.4 Å². The predicted molar refractivity (Wildman–Crippen MR) is 60.5 cm³/mol. The number of pyridine rings is 1. The van der Waals surface area contributed by atoms with E-state index in [0.29, 0.717) is 13.1 Å². The minimum absolute atomic E-state index is 0.426. The molecule has 2 N–H and O–H groups in total. The Morgan fingerprint density at radius 2 is 2.00 bits per heavy atom. The summed E-state index contributed by atoms with van der Waals surface area (Å²) in [5.74, 6) is 0.793. The molecule has 0 aromatic carbocycles. The first kappa shape index (κ1) is 10.7. The molecule has 5 nitrogen and oxygen atoms in total. The van der Waals surface area contributed by atoms with Crippen LogP contribution in [-0.2, 0) is 13.1 Å². The molecule has 16 heavy (non-hydrogen) atoms. The lowest BCUT2D eigenvalue weighted by Gasteiger charge is -2.10. The Morgan fingerprint density at radius 3 is 2.56 bits per heavy atom. The molecule has 0 radical (unpaired) electrons. The number of amides is 1. The summed E-state index contributed by atoms with van der Waals surface area (Å²) in [5.41, 5.74) is 4.15. The molecule has 2 rings (SSSR count). The smallest absolute Gasteiger partial charge is 0.407 e. The molecule has 0 saturated heterocycles. The summed E-state index contributed by atoms with van der Waals surface area (Å²) in [6.45, 7) is 4.83. The molecule has 5 heteroatoms. The first-order valence-electron chi connectivity index (χ1n) is 5.19. The molecule has 0 saturated carbocycles. The molecule has 0 unspecified atom stereocenters. The van der Waals surface area contributed by atoms with Crippen LogP contribution in [0.25, 0.3) is 0 Å². The Bertz CT molecular complexity index is 457. The molecule has 0 bridgehead atoms. The SMILES string of the molecule is CNc1nc(C)c(C)c2c1CN(C(=O)O)C2. The Balaban J connectivity index is 2.50. The number of nitrogens with zero attached hydrogens (tertiary/aromatic N) is 2.